The third kappa shape index (κ3) is 4.52. The molecule has 0 amide bonds. The first-order valence-electron chi connectivity index (χ1n) is 9.63. The molecular weight excluding hydrogens is 330 g/mol. The van der Waals surface area contributed by atoms with Gasteiger partial charge in [-0.15, -0.1) is 0 Å². The molecule has 26 heavy (non-hydrogen) atoms. The van der Waals surface area contributed by atoms with Gasteiger partial charge >= 0.3 is 0 Å². The molecule has 0 aliphatic carbocycles. The molecule has 2 aromatic rings. The minimum absolute atomic E-state index is 0.388. The average Bonchev–Trinajstić information content (AvgIpc) is 2.86. The van der Waals surface area contributed by atoms with Crippen LogP contribution in [-0.2, 0) is 6.42 Å². The maximum absolute atomic E-state index is 9.72. The number of likely N-dealkylation sites (tertiary alicyclic amines) is 1. The molecule has 0 saturated carbocycles. The Balaban J connectivity index is 1.44. The molecule has 7 heteroatoms. The number of aromatic nitrogens is 3. The molecule has 0 aromatic carbocycles. The Morgan fingerprint density at radius 2 is 1.77 bits per heavy atom. The van der Waals surface area contributed by atoms with Crippen molar-refractivity contribution in [1.29, 1.82) is 0 Å². The van der Waals surface area contributed by atoms with Crippen molar-refractivity contribution in [2.24, 2.45) is 0 Å². The van der Waals surface area contributed by atoms with Crippen LogP contribution in [0.25, 0.3) is 11.0 Å². The molecule has 0 spiro atoms. The quantitative estimate of drug-likeness (QED) is 0.559. The number of nitrogens with one attached hydrogen (secondary N) is 1. The first kappa shape index (κ1) is 19.1. The van der Waals surface area contributed by atoms with Crippen LogP contribution >= 0.6 is 0 Å². The first-order chi connectivity index (χ1) is 12.4. The zero-order valence-corrected chi connectivity index (χ0v) is 15.8. The van der Waals surface area contributed by atoms with E-state index >= 15 is 0 Å². The highest BCUT2D eigenvalue weighted by Crippen LogP contribution is 2.25. The number of aliphatic hydroxyl groups excluding tert-OH is 2. The Bertz CT molecular complexity index is 735. The van der Waals surface area contributed by atoms with Crippen molar-refractivity contribution >= 4 is 16.9 Å². The van der Waals surface area contributed by atoms with Crippen molar-refractivity contribution in [1.82, 2.24) is 19.9 Å². The van der Waals surface area contributed by atoms with Crippen LogP contribution in [0.3, 0.4) is 0 Å². The smallest absolute Gasteiger partial charge is 0.151 e. The van der Waals surface area contributed by atoms with E-state index in [2.05, 4.69) is 26.8 Å². The summed E-state index contributed by atoms with van der Waals surface area (Å²) in [5.74, 6) is 1.23. The maximum Gasteiger partial charge on any atom is 0.151 e. The summed E-state index contributed by atoms with van der Waals surface area (Å²) in [6.07, 6.45) is 5.24. The zero-order chi connectivity index (χ0) is 18.7. The monoisotopic (exact) mass is 361 g/mol. The van der Waals surface area contributed by atoms with E-state index in [9.17, 15) is 10.2 Å². The molecule has 144 valence electrons. The van der Waals surface area contributed by atoms with Crippen LogP contribution in [0.4, 0.5) is 5.82 Å². The van der Waals surface area contributed by atoms with Crippen LogP contribution in [0, 0.1) is 13.8 Å². The summed E-state index contributed by atoms with van der Waals surface area (Å²) in [6, 6.07) is 0. The third-order valence-corrected chi connectivity index (χ3v) is 5.23. The van der Waals surface area contributed by atoms with Crippen molar-refractivity contribution < 1.29 is 10.2 Å². The number of piperidine rings is 1. The lowest BCUT2D eigenvalue weighted by Gasteiger charge is -2.33. The summed E-state index contributed by atoms with van der Waals surface area (Å²) in [5.41, 5.74) is 10.2. The lowest BCUT2D eigenvalue weighted by atomic mass is 10.0. The van der Waals surface area contributed by atoms with Crippen molar-refractivity contribution in [3.8, 4) is 0 Å². The van der Waals surface area contributed by atoms with Crippen LogP contribution in [0.15, 0.2) is 0 Å². The minimum atomic E-state index is -0.388. The highest BCUT2D eigenvalue weighted by atomic mass is 16.3. The van der Waals surface area contributed by atoms with E-state index in [1.54, 1.807) is 0 Å². The van der Waals surface area contributed by atoms with Gasteiger partial charge in [0.05, 0.1) is 17.7 Å². The molecule has 5 N–H and O–H groups in total. The van der Waals surface area contributed by atoms with Gasteiger partial charge in [-0.05, 0) is 45.2 Å². The molecule has 0 bridgehead atoms. The second-order valence-electron chi connectivity index (χ2n) is 7.58. The zero-order valence-electron chi connectivity index (χ0n) is 15.8. The van der Waals surface area contributed by atoms with E-state index in [-0.39, 0.29) is 12.2 Å². The summed E-state index contributed by atoms with van der Waals surface area (Å²) in [4.78, 5) is 14.3. The lowest BCUT2D eigenvalue weighted by molar-refractivity contribution is -0.00838. The van der Waals surface area contributed by atoms with Crippen LogP contribution in [0.5, 0.6) is 0 Å². The van der Waals surface area contributed by atoms with E-state index in [1.807, 2.05) is 6.92 Å². The second kappa shape index (κ2) is 8.33. The number of unbranched alkanes of at least 4 members (excludes halogenated alkanes) is 3. The fraction of sp³-hybridized carbons (Fsp3) is 0.684. The van der Waals surface area contributed by atoms with Crippen LogP contribution < -0.4 is 5.73 Å². The number of hydrogen-bond donors (Lipinski definition) is 4. The molecule has 1 aliphatic rings. The van der Waals surface area contributed by atoms with Gasteiger partial charge in [-0.3, -0.25) is 4.90 Å². The van der Waals surface area contributed by atoms with E-state index in [4.69, 9.17) is 5.73 Å². The topological polar surface area (TPSA) is 111 Å². The number of fused-ring (bicyclic) bond motifs is 1. The summed E-state index contributed by atoms with van der Waals surface area (Å²) >= 11 is 0. The van der Waals surface area contributed by atoms with Crippen molar-refractivity contribution in [3.63, 3.8) is 0 Å². The number of aryl methyl sites for hydroxylation is 3. The van der Waals surface area contributed by atoms with Crippen LogP contribution in [-0.4, -0.2) is 61.9 Å². The summed E-state index contributed by atoms with van der Waals surface area (Å²) in [7, 11) is 0. The van der Waals surface area contributed by atoms with Crippen LogP contribution in [0.2, 0.25) is 0 Å². The number of aromatic amines is 1. The molecule has 7 nitrogen and oxygen atoms in total. The molecule has 2 aromatic heterocycles. The number of β-amino-alcohol motifs (C(OH)–C–C–N with tert-alkyl or cyclic N) is 2. The van der Waals surface area contributed by atoms with Crippen molar-refractivity contribution in [3.05, 3.63) is 17.1 Å². The Hall–Kier alpha value is -1.70. The Kier molecular flexibility index (Phi) is 6.11. The number of aliphatic hydroxyl groups is 2. The SMILES string of the molecule is Cc1nc(N)c2[nH]c(C)c(CCCCCCN3CC(O)CC(O)C3)c2n1. The molecular formula is C19H31N5O2. The third-order valence-electron chi connectivity index (χ3n) is 5.23. The molecule has 1 saturated heterocycles. The normalized spacial score (nSPS) is 21.5. The van der Waals surface area contributed by atoms with E-state index in [0.717, 1.165) is 55.4 Å². The van der Waals surface area contributed by atoms with Gasteiger partial charge in [-0.25, -0.2) is 9.97 Å². The molecule has 3 heterocycles. The number of nitrogens with two attached hydrogens (primary N) is 1. The second-order valence-corrected chi connectivity index (χ2v) is 7.58. The van der Waals surface area contributed by atoms with Gasteiger partial charge in [0, 0.05) is 25.2 Å². The first-order valence-corrected chi connectivity index (χ1v) is 9.63. The highest BCUT2D eigenvalue weighted by molar-refractivity contribution is 5.88. The maximum atomic E-state index is 9.72. The Morgan fingerprint density at radius 1 is 1.08 bits per heavy atom. The molecule has 3 rings (SSSR count). The highest BCUT2D eigenvalue weighted by Gasteiger charge is 2.23. The lowest BCUT2D eigenvalue weighted by Crippen LogP contribution is -2.45. The molecule has 1 aliphatic heterocycles. The van der Waals surface area contributed by atoms with Gasteiger partial charge in [0.2, 0.25) is 0 Å². The molecule has 2 atom stereocenters. The predicted octanol–water partition coefficient (Wildman–Crippen LogP) is 1.69. The summed E-state index contributed by atoms with van der Waals surface area (Å²) < 4.78 is 0. The number of nitrogen functional groups attached to an aromatic ring is 1. The van der Waals surface area contributed by atoms with Gasteiger partial charge in [-0.1, -0.05) is 12.8 Å². The summed E-state index contributed by atoms with van der Waals surface area (Å²) in [6.45, 7) is 6.26. The van der Waals surface area contributed by atoms with Gasteiger partial charge in [0.15, 0.2) is 5.82 Å². The minimum Gasteiger partial charge on any atom is -0.392 e. The predicted molar refractivity (Wildman–Crippen MR) is 103 cm³/mol. The average molecular weight is 361 g/mol. The standard InChI is InChI=1S/C19H31N5O2/c1-12-16(17-18(21-12)19(20)23-13(2)22-17)7-5-3-4-6-8-24-10-14(25)9-15(26)11-24/h14-15,21,25-26H,3-11H2,1-2H3,(H2,20,22,23). The van der Waals surface area contributed by atoms with Gasteiger partial charge < -0.3 is 20.9 Å². The van der Waals surface area contributed by atoms with Gasteiger partial charge in [-0.2, -0.15) is 0 Å². The number of H-pyrrole nitrogens is 1. The van der Waals surface area contributed by atoms with Gasteiger partial charge in [0.25, 0.3) is 0 Å². The number of hydrogen-bond acceptors (Lipinski definition) is 6. The van der Waals surface area contributed by atoms with Crippen LogP contribution in [0.1, 0.15) is 49.2 Å². The molecule has 0 radical (unpaired) electrons. The van der Waals surface area contributed by atoms with E-state index < -0.39 is 0 Å². The largest absolute Gasteiger partial charge is 0.392 e. The van der Waals surface area contributed by atoms with Crippen molar-refractivity contribution in [2.45, 2.75) is 64.6 Å². The van der Waals surface area contributed by atoms with Crippen molar-refractivity contribution in [2.75, 3.05) is 25.4 Å². The van der Waals surface area contributed by atoms with E-state index in [0.29, 0.717) is 31.2 Å². The fourth-order valence-electron chi connectivity index (χ4n) is 3.99. The number of anilines is 1. The summed E-state index contributed by atoms with van der Waals surface area (Å²) in [5, 5.41) is 19.4. The number of rotatable bonds is 7. The Morgan fingerprint density at radius 3 is 2.50 bits per heavy atom. The Labute approximate surface area is 154 Å². The molecule has 2 unspecified atom stereocenters. The van der Waals surface area contributed by atoms with E-state index in [1.165, 1.54) is 5.56 Å². The van der Waals surface area contributed by atoms with Gasteiger partial charge in [0.1, 0.15) is 11.3 Å². The fourth-order valence-corrected chi connectivity index (χ4v) is 3.99. The molecule has 1 fully saturated rings. The number of nitrogens with zero attached hydrogens (tertiary/aromatic N) is 3.